The van der Waals surface area contributed by atoms with Crippen LogP contribution in [0.25, 0.3) is 16.6 Å². The molecule has 1 N–H and O–H groups in total. The van der Waals surface area contributed by atoms with Crippen molar-refractivity contribution in [2.45, 2.75) is 26.4 Å². The number of hydrogen-bond donors (Lipinski definition) is 1. The van der Waals surface area contributed by atoms with E-state index in [0.717, 1.165) is 5.56 Å². The molecule has 2 amide bonds. The van der Waals surface area contributed by atoms with E-state index < -0.39 is 12.1 Å². The fraction of sp³-hybridized carbons (Fsp3) is 0.156. The van der Waals surface area contributed by atoms with Gasteiger partial charge >= 0.3 is 6.03 Å². The summed E-state index contributed by atoms with van der Waals surface area (Å²) in [7, 11) is 0. The maximum atomic E-state index is 14.1. The Balaban J connectivity index is 1.68. The number of rotatable bonds is 8. The maximum absolute atomic E-state index is 14.1. The lowest BCUT2D eigenvalue weighted by atomic mass is 10.1. The van der Waals surface area contributed by atoms with E-state index in [-0.39, 0.29) is 17.1 Å². The summed E-state index contributed by atoms with van der Waals surface area (Å²) >= 11 is 12.6. The molecule has 1 unspecified atom stereocenters. The summed E-state index contributed by atoms with van der Waals surface area (Å²) in [6.45, 7) is 4.38. The number of fused-ring (bicyclic) bond motifs is 1. The van der Waals surface area contributed by atoms with E-state index in [1.165, 1.54) is 4.57 Å². The summed E-state index contributed by atoms with van der Waals surface area (Å²) in [4.78, 5) is 34.5. The molecular weight excluding hydrogens is 559 g/mol. The predicted molar refractivity (Wildman–Crippen MR) is 164 cm³/mol. The molecule has 0 bridgehead atoms. The van der Waals surface area contributed by atoms with Crippen LogP contribution >= 0.6 is 23.2 Å². The van der Waals surface area contributed by atoms with Gasteiger partial charge in [-0.15, -0.1) is 0 Å². The number of para-hydroxylation sites is 3. The number of carbonyl (C=O) groups is 1. The summed E-state index contributed by atoms with van der Waals surface area (Å²) in [5.74, 6) is 0.913. The number of aromatic nitrogens is 2. The summed E-state index contributed by atoms with van der Waals surface area (Å²) < 4.78 is 7.43. The minimum absolute atomic E-state index is 0.237. The Labute approximate surface area is 247 Å². The Bertz CT molecular complexity index is 1760. The molecule has 1 atom stereocenters. The highest BCUT2D eigenvalue weighted by molar-refractivity contribution is 6.43. The van der Waals surface area contributed by atoms with Gasteiger partial charge in [0.25, 0.3) is 5.56 Å². The standard InChI is InChI=1S/C32H28Cl2N4O3/c1-3-41-28-19-10-9-18-27(28)38-30(35-25-16-8-7-14-23(25)31(38)39)21(2)37(20-22-12-5-4-6-13-22)32(40)36-26-17-11-15-24(33)29(26)34/h4-19,21H,3,20H2,1-2H3,(H,36,40). The van der Waals surface area contributed by atoms with E-state index in [1.54, 1.807) is 41.3 Å². The molecule has 208 valence electrons. The van der Waals surface area contributed by atoms with Gasteiger partial charge in [-0.1, -0.05) is 83.9 Å². The van der Waals surface area contributed by atoms with Crippen molar-refractivity contribution in [3.63, 3.8) is 0 Å². The zero-order valence-corrected chi connectivity index (χ0v) is 24.1. The molecular formula is C32H28Cl2N4O3. The molecule has 0 aliphatic heterocycles. The van der Waals surface area contributed by atoms with E-state index in [9.17, 15) is 9.59 Å². The van der Waals surface area contributed by atoms with Crippen molar-refractivity contribution >= 4 is 45.8 Å². The molecule has 1 heterocycles. The van der Waals surface area contributed by atoms with Gasteiger partial charge in [0.2, 0.25) is 0 Å². The fourth-order valence-electron chi connectivity index (χ4n) is 4.67. The number of ether oxygens (including phenoxy) is 1. The number of halogens is 2. The van der Waals surface area contributed by atoms with Crippen LogP contribution in [0.2, 0.25) is 10.0 Å². The summed E-state index contributed by atoms with van der Waals surface area (Å²) in [5.41, 5.74) is 2.08. The van der Waals surface area contributed by atoms with E-state index in [1.807, 2.05) is 74.5 Å². The number of carbonyl (C=O) groups excluding carboxylic acids is 1. The molecule has 7 nitrogen and oxygen atoms in total. The average molecular weight is 588 g/mol. The van der Waals surface area contributed by atoms with E-state index in [0.29, 0.717) is 45.5 Å². The second-order valence-electron chi connectivity index (χ2n) is 9.35. The smallest absolute Gasteiger partial charge is 0.322 e. The van der Waals surface area contributed by atoms with Gasteiger partial charge in [-0.2, -0.15) is 0 Å². The normalized spacial score (nSPS) is 11.7. The molecule has 9 heteroatoms. The van der Waals surface area contributed by atoms with Gasteiger partial charge in [0.05, 0.1) is 45.0 Å². The molecule has 4 aromatic carbocycles. The SMILES string of the molecule is CCOc1ccccc1-n1c(C(C)N(Cc2ccccc2)C(=O)Nc2cccc(Cl)c2Cl)nc2ccccc2c1=O. The van der Waals surface area contributed by atoms with Crippen molar-refractivity contribution < 1.29 is 9.53 Å². The minimum Gasteiger partial charge on any atom is -0.492 e. The number of urea groups is 1. The van der Waals surface area contributed by atoms with Gasteiger partial charge in [0.1, 0.15) is 11.6 Å². The van der Waals surface area contributed by atoms with Crippen LogP contribution in [0.3, 0.4) is 0 Å². The van der Waals surface area contributed by atoms with Crippen molar-refractivity contribution in [2.75, 3.05) is 11.9 Å². The monoisotopic (exact) mass is 586 g/mol. The van der Waals surface area contributed by atoms with Gasteiger partial charge < -0.3 is 15.0 Å². The molecule has 0 aliphatic rings. The average Bonchev–Trinajstić information content (AvgIpc) is 2.99. The molecule has 0 saturated carbocycles. The topological polar surface area (TPSA) is 76.5 Å². The maximum Gasteiger partial charge on any atom is 0.322 e. The third kappa shape index (κ3) is 5.92. The van der Waals surface area contributed by atoms with Crippen LogP contribution in [0.15, 0.2) is 102 Å². The highest BCUT2D eigenvalue weighted by Crippen LogP contribution is 2.32. The first-order chi connectivity index (χ1) is 19.9. The van der Waals surface area contributed by atoms with Crippen LogP contribution < -0.4 is 15.6 Å². The predicted octanol–water partition coefficient (Wildman–Crippen LogP) is 7.89. The molecule has 0 saturated heterocycles. The Kier molecular flexibility index (Phi) is 8.57. The second kappa shape index (κ2) is 12.5. The third-order valence-electron chi connectivity index (χ3n) is 6.70. The van der Waals surface area contributed by atoms with Gasteiger partial charge in [-0.05, 0) is 55.8 Å². The molecule has 0 aliphatic carbocycles. The molecule has 5 rings (SSSR count). The first-order valence-electron chi connectivity index (χ1n) is 13.2. The Morgan fingerprint density at radius 1 is 0.951 bits per heavy atom. The number of anilines is 1. The molecule has 0 radical (unpaired) electrons. The van der Waals surface area contributed by atoms with Crippen molar-refractivity contribution in [1.29, 1.82) is 0 Å². The minimum atomic E-state index is -0.667. The van der Waals surface area contributed by atoms with E-state index >= 15 is 0 Å². The number of nitrogens with one attached hydrogen (secondary N) is 1. The largest absolute Gasteiger partial charge is 0.492 e. The number of nitrogens with zero attached hydrogens (tertiary/aromatic N) is 3. The van der Waals surface area contributed by atoms with Crippen molar-refractivity contribution in [3.05, 3.63) is 129 Å². The molecule has 5 aromatic rings. The van der Waals surface area contributed by atoms with Crippen LogP contribution in [0.1, 0.15) is 31.3 Å². The Morgan fingerprint density at radius 3 is 2.44 bits per heavy atom. The highest BCUT2D eigenvalue weighted by atomic mass is 35.5. The van der Waals surface area contributed by atoms with Gasteiger partial charge in [0, 0.05) is 6.54 Å². The van der Waals surface area contributed by atoms with E-state index in [2.05, 4.69) is 5.32 Å². The lowest BCUT2D eigenvalue weighted by molar-refractivity contribution is 0.185. The lowest BCUT2D eigenvalue weighted by Crippen LogP contribution is -2.39. The van der Waals surface area contributed by atoms with Crippen molar-refractivity contribution in [2.24, 2.45) is 0 Å². The van der Waals surface area contributed by atoms with Gasteiger partial charge in [0.15, 0.2) is 0 Å². The first kappa shape index (κ1) is 28.2. The van der Waals surface area contributed by atoms with E-state index in [4.69, 9.17) is 32.9 Å². The summed E-state index contributed by atoms with van der Waals surface area (Å²) in [5, 5.41) is 3.91. The molecule has 1 aromatic heterocycles. The van der Waals surface area contributed by atoms with Crippen LogP contribution in [0.4, 0.5) is 10.5 Å². The van der Waals surface area contributed by atoms with Crippen LogP contribution in [0.5, 0.6) is 5.75 Å². The second-order valence-corrected chi connectivity index (χ2v) is 10.1. The quantitative estimate of drug-likeness (QED) is 0.200. The summed E-state index contributed by atoms with van der Waals surface area (Å²) in [6.07, 6.45) is 0. The molecule has 0 fully saturated rings. The number of hydrogen-bond acceptors (Lipinski definition) is 4. The third-order valence-corrected chi connectivity index (χ3v) is 7.52. The van der Waals surface area contributed by atoms with Gasteiger partial charge in [-0.25, -0.2) is 9.78 Å². The van der Waals surface area contributed by atoms with Crippen molar-refractivity contribution in [1.82, 2.24) is 14.5 Å². The summed E-state index contributed by atoms with van der Waals surface area (Å²) in [6, 6.07) is 28.0. The number of amides is 2. The van der Waals surface area contributed by atoms with Crippen LogP contribution in [-0.2, 0) is 6.54 Å². The van der Waals surface area contributed by atoms with Gasteiger partial charge in [-0.3, -0.25) is 9.36 Å². The zero-order valence-electron chi connectivity index (χ0n) is 22.6. The Morgan fingerprint density at radius 2 is 1.66 bits per heavy atom. The molecule has 0 spiro atoms. The number of benzene rings is 4. The van der Waals surface area contributed by atoms with Crippen molar-refractivity contribution in [3.8, 4) is 11.4 Å². The molecule has 41 heavy (non-hydrogen) atoms. The fourth-order valence-corrected chi connectivity index (χ4v) is 5.02. The lowest BCUT2D eigenvalue weighted by Gasteiger charge is -2.31. The first-order valence-corrected chi connectivity index (χ1v) is 13.9. The highest BCUT2D eigenvalue weighted by Gasteiger charge is 2.28. The van der Waals surface area contributed by atoms with Crippen LogP contribution in [0, 0.1) is 0 Å². The Hall–Kier alpha value is -4.33. The van der Waals surface area contributed by atoms with Crippen LogP contribution in [-0.4, -0.2) is 27.1 Å². The zero-order chi connectivity index (χ0) is 28.9.